The Morgan fingerprint density at radius 2 is 1.81 bits per heavy atom. The maximum atomic E-state index is 13.5. The SMILES string of the molecule is CC[C@@H](C)OC(=O)C1C(C)=NC2=C(C(=O)C[C@H](c3ccccc3)C2)[C@H]1c1ccncc1. The van der Waals surface area contributed by atoms with Gasteiger partial charge in [-0.2, -0.15) is 0 Å². The lowest BCUT2D eigenvalue weighted by Crippen LogP contribution is -2.39. The molecule has 0 spiro atoms. The summed E-state index contributed by atoms with van der Waals surface area (Å²) in [6, 6.07) is 13.9. The molecule has 0 amide bonds. The Morgan fingerprint density at radius 1 is 1.10 bits per heavy atom. The van der Waals surface area contributed by atoms with Crippen molar-refractivity contribution in [2.24, 2.45) is 10.9 Å². The Kier molecular flexibility index (Phi) is 6.12. The summed E-state index contributed by atoms with van der Waals surface area (Å²) in [5.41, 5.74) is 4.21. The van der Waals surface area contributed by atoms with Gasteiger partial charge in [-0.05, 0) is 55.9 Å². The molecule has 1 aliphatic heterocycles. The fourth-order valence-electron chi connectivity index (χ4n) is 4.61. The van der Waals surface area contributed by atoms with E-state index >= 15 is 0 Å². The molecule has 4 atom stereocenters. The Morgan fingerprint density at radius 3 is 2.48 bits per heavy atom. The van der Waals surface area contributed by atoms with Crippen LogP contribution in [0.15, 0.2) is 71.1 Å². The van der Waals surface area contributed by atoms with Gasteiger partial charge in [0, 0.05) is 41.7 Å². The van der Waals surface area contributed by atoms with E-state index in [9.17, 15) is 9.59 Å². The zero-order valence-corrected chi connectivity index (χ0v) is 18.2. The largest absolute Gasteiger partial charge is 0.462 e. The first-order valence-corrected chi connectivity index (χ1v) is 11.0. The average Bonchev–Trinajstić information content (AvgIpc) is 2.79. The van der Waals surface area contributed by atoms with Gasteiger partial charge in [0.05, 0.1) is 6.10 Å². The number of nitrogens with zero attached hydrogens (tertiary/aromatic N) is 2. The third-order valence-corrected chi connectivity index (χ3v) is 6.37. The van der Waals surface area contributed by atoms with Gasteiger partial charge in [-0.25, -0.2) is 0 Å². The van der Waals surface area contributed by atoms with Crippen molar-refractivity contribution < 1.29 is 14.3 Å². The molecule has 1 aromatic heterocycles. The molecule has 4 rings (SSSR count). The van der Waals surface area contributed by atoms with E-state index in [4.69, 9.17) is 9.73 Å². The van der Waals surface area contributed by atoms with Gasteiger partial charge >= 0.3 is 5.97 Å². The number of aromatic nitrogens is 1. The van der Waals surface area contributed by atoms with E-state index in [0.29, 0.717) is 24.1 Å². The van der Waals surface area contributed by atoms with E-state index in [0.717, 1.165) is 23.2 Å². The number of carbonyl (C=O) groups excluding carboxylic acids is 2. The van der Waals surface area contributed by atoms with E-state index in [1.54, 1.807) is 12.4 Å². The molecule has 0 radical (unpaired) electrons. The minimum atomic E-state index is -0.604. The number of ether oxygens (including phenoxy) is 1. The molecule has 31 heavy (non-hydrogen) atoms. The lowest BCUT2D eigenvalue weighted by molar-refractivity contribution is -0.151. The number of pyridine rings is 1. The Hall–Kier alpha value is -3.08. The number of aliphatic imine (C=N–C) groups is 1. The number of Topliss-reactive ketones (excluding diaryl/α,β-unsaturated/α-hetero) is 1. The van der Waals surface area contributed by atoms with Crippen molar-refractivity contribution in [2.75, 3.05) is 0 Å². The fourth-order valence-corrected chi connectivity index (χ4v) is 4.61. The maximum Gasteiger partial charge on any atom is 0.315 e. The van der Waals surface area contributed by atoms with Crippen LogP contribution >= 0.6 is 0 Å². The highest BCUT2D eigenvalue weighted by Crippen LogP contribution is 2.46. The second-order valence-electron chi connectivity index (χ2n) is 8.44. The molecule has 1 unspecified atom stereocenters. The number of ketones is 1. The van der Waals surface area contributed by atoms with E-state index in [-0.39, 0.29) is 23.8 Å². The monoisotopic (exact) mass is 416 g/mol. The van der Waals surface area contributed by atoms with E-state index in [1.165, 1.54) is 0 Å². The summed E-state index contributed by atoms with van der Waals surface area (Å²) in [7, 11) is 0. The van der Waals surface area contributed by atoms with E-state index in [2.05, 4.69) is 17.1 Å². The van der Waals surface area contributed by atoms with Crippen molar-refractivity contribution in [3.8, 4) is 0 Å². The van der Waals surface area contributed by atoms with Crippen LogP contribution in [0.2, 0.25) is 0 Å². The fraction of sp³-hybridized carbons (Fsp3) is 0.385. The lowest BCUT2D eigenvalue weighted by atomic mass is 9.69. The molecule has 2 aromatic rings. The van der Waals surface area contributed by atoms with Crippen LogP contribution in [0.1, 0.15) is 63.0 Å². The van der Waals surface area contributed by atoms with Crippen molar-refractivity contribution in [3.05, 3.63) is 77.3 Å². The number of benzene rings is 1. The molecule has 0 N–H and O–H groups in total. The molecule has 0 saturated heterocycles. The minimum absolute atomic E-state index is 0.0644. The van der Waals surface area contributed by atoms with Gasteiger partial charge < -0.3 is 4.74 Å². The predicted molar refractivity (Wildman–Crippen MR) is 120 cm³/mol. The standard InChI is InChI=1S/C26H28N2O3/c1-4-16(2)31-26(30)23-17(3)28-21-14-20(18-8-6-5-7-9-18)15-22(29)25(21)24(23)19-10-12-27-13-11-19/h5-13,16,20,23-24H,4,14-15H2,1-3H3/t16-,20-,23?,24+/m1/s1. The number of esters is 1. The smallest absolute Gasteiger partial charge is 0.315 e. The summed E-state index contributed by atoms with van der Waals surface area (Å²) in [4.78, 5) is 35.5. The van der Waals surface area contributed by atoms with Crippen LogP contribution in [0.25, 0.3) is 0 Å². The van der Waals surface area contributed by atoms with Crippen molar-refractivity contribution in [1.29, 1.82) is 0 Å². The van der Waals surface area contributed by atoms with Gasteiger partial charge in [0.2, 0.25) is 0 Å². The minimum Gasteiger partial charge on any atom is -0.462 e. The molecule has 1 aromatic carbocycles. The van der Waals surface area contributed by atoms with Gasteiger partial charge in [0.15, 0.2) is 5.78 Å². The van der Waals surface area contributed by atoms with Crippen LogP contribution in [0, 0.1) is 5.92 Å². The first kappa shape index (κ1) is 21.2. The van der Waals surface area contributed by atoms with Crippen molar-refractivity contribution in [2.45, 2.75) is 58.0 Å². The van der Waals surface area contributed by atoms with Crippen LogP contribution in [-0.4, -0.2) is 28.6 Å². The molecule has 2 aliphatic rings. The number of hydrogen-bond acceptors (Lipinski definition) is 5. The van der Waals surface area contributed by atoms with E-state index < -0.39 is 11.8 Å². The first-order valence-electron chi connectivity index (χ1n) is 11.0. The van der Waals surface area contributed by atoms with Crippen molar-refractivity contribution in [3.63, 3.8) is 0 Å². The van der Waals surface area contributed by atoms with Crippen LogP contribution in [0.5, 0.6) is 0 Å². The highest BCUT2D eigenvalue weighted by Gasteiger charge is 2.44. The molecular weight excluding hydrogens is 388 g/mol. The van der Waals surface area contributed by atoms with Crippen LogP contribution in [0.3, 0.4) is 0 Å². The first-order chi connectivity index (χ1) is 15.0. The third kappa shape index (κ3) is 4.22. The van der Waals surface area contributed by atoms with Gasteiger partial charge in [-0.15, -0.1) is 0 Å². The second-order valence-corrected chi connectivity index (χ2v) is 8.44. The summed E-state index contributed by atoms with van der Waals surface area (Å²) in [5.74, 6) is -1.15. The normalized spacial score (nSPS) is 24.3. The Labute approximate surface area is 183 Å². The highest BCUT2D eigenvalue weighted by atomic mass is 16.5. The maximum absolute atomic E-state index is 13.5. The number of rotatable bonds is 5. The second kappa shape index (κ2) is 8.96. The zero-order valence-electron chi connectivity index (χ0n) is 18.2. The van der Waals surface area contributed by atoms with Crippen molar-refractivity contribution in [1.82, 2.24) is 4.98 Å². The van der Waals surface area contributed by atoms with Crippen molar-refractivity contribution >= 4 is 17.5 Å². The summed E-state index contributed by atoms with van der Waals surface area (Å²) in [6.45, 7) is 5.74. The number of carbonyl (C=O) groups is 2. The van der Waals surface area contributed by atoms with Gasteiger partial charge in [-0.1, -0.05) is 37.3 Å². The summed E-state index contributed by atoms with van der Waals surface area (Å²) in [5, 5.41) is 0. The predicted octanol–water partition coefficient (Wildman–Crippen LogP) is 5.00. The van der Waals surface area contributed by atoms with Crippen LogP contribution in [-0.2, 0) is 14.3 Å². The summed E-state index contributed by atoms with van der Waals surface area (Å²) < 4.78 is 5.70. The number of allylic oxidation sites excluding steroid dienone is 2. The topological polar surface area (TPSA) is 68.6 Å². The highest BCUT2D eigenvalue weighted by molar-refractivity contribution is 6.09. The Bertz CT molecular complexity index is 1030. The van der Waals surface area contributed by atoms with Crippen LogP contribution in [0.4, 0.5) is 0 Å². The molecule has 0 saturated carbocycles. The number of hydrogen-bond donors (Lipinski definition) is 0. The molecule has 0 bridgehead atoms. The summed E-state index contributed by atoms with van der Waals surface area (Å²) in [6.07, 6.45) is 5.07. The molecule has 5 heteroatoms. The molecule has 1 aliphatic carbocycles. The van der Waals surface area contributed by atoms with Gasteiger partial charge in [-0.3, -0.25) is 19.6 Å². The zero-order chi connectivity index (χ0) is 22.0. The molecule has 5 nitrogen and oxygen atoms in total. The lowest BCUT2D eigenvalue weighted by Gasteiger charge is -2.36. The van der Waals surface area contributed by atoms with Crippen LogP contribution < -0.4 is 0 Å². The molecule has 0 fully saturated rings. The van der Waals surface area contributed by atoms with Gasteiger partial charge in [0.25, 0.3) is 0 Å². The average molecular weight is 417 g/mol. The molecule has 2 heterocycles. The quantitative estimate of drug-likeness (QED) is 0.644. The Balaban J connectivity index is 1.76. The van der Waals surface area contributed by atoms with Gasteiger partial charge in [0.1, 0.15) is 5.92 Å². The molecular formula is C26H28N2O3. The van der Waals surface area contributed by atoms with E-state index in [1.807, 2.05) is 51.1 Å². The summed E-state index contributed by atoms with van der Waals surface area (Å²) >= 11 is 0. The third-order valence-electron chi connectivity index (χ3n) is 6.37. The molecule has 160 valence electrons.